The summed E-state index contributed by atoms with van der Waals surface area (Å²) in [6.07, 6.45) is 0. The predicted molar refractivity (Wildman–Crippen MR) is 92.5 cm³/mol. The molecule has 1 aromatic heterocycles. The Balaban J connectivity index is 1.47. The number of halogens is 1. The van der Waals surface area contributed by atoms with Crippen LogP contribution < -0.4 is 4.74 Å². The van der Waals surface area contributed by atoms with Crippen molar-refractivity contribution < 1.29 is 13.7 Å². The third kappa shape index (κ3) is 4.35. The molecule has 0 N–H and O–H groups in total. The molecule has 0 fully saturated rings. The molecule has 0 bridgehead atoms. The van der Waals surface area contributed by atoms with Gasteiger partial charge in [0.2, 0.25) is 11.7 Å². The summed E-state index contributed by atoms with van der Waals surface area (Å²) in [5, 5.41) is 3.91. The summed E-state index contributed by atoms with van der Waals surface area (Å²) in [5.41, 5.74) is 1.21. The third-order valence-corrected chi connectivity index (χ3v) is 4.27. The van der Waals surface area contributed by atoms with Gasteiger partial charge in [-0.2, -0.15) is 4.98 Å². The Morgan fingerprint density at radius 2 is 2.00 bits per heavy atom. The van der Waals surface area contributed by atoms with Crippen LogP contribution in [-0.4, -0.2) is 22.5 Å². The minimum Gasteiger partial charge on any atom is -0.493 e. The van der Waals surface area contributed by atoms with Crippen LogP contribution in [-0.2, 0) is 5.75 Å². The van der Waals surface area contributed by atoms with Gasteiger partial charge in [-0.3, -0.25) is 0 Å². The molecule has 0 amide bonds. The summed E-state index contributed by atoms with van der Waals surface area (Å²) >= 11 is 1.64. The minimum absolute atomic E-state index is 0.272. The minimum atomic E-state index is -0.272. The number of ether oxygens (including phenoxy) is 1. The van der Waals surface area contributed by atoms with Gasteiger partial charge in [0.15, 0.2) is 0 Å². The van der Waals surface area contributed by atoms with Crippen molar-refractivity contribution in [3.05, 3.63) is 65.8 Å². The summed E-state index contributed by atoms with van der Waals surface area (Å²) < 4.78 is 24.4. The van der Waals surface area contributed by atoms with Crippen molar-refractivity contribution in [2.75, 3.05) is 12.4 Å². The van der Waals surface area contributed by atoms with E-state index < -0.39 is 0 Å². The van der Waals surface area contributed by atoms with E-state index in [0.717, 1.165) is 11.5 Å². The van der Waals surface area contributed by atoms with Gasteiger partial charge < -0.3 is 9.26 Å². The lowest BCUT2D eigenvalue weighted by Crippen LogP contribution is -2.00. The first kappa shape index (κ1) is 16.5. The number of para-hydroxylation sites is 1. The third-order valence-electron chi connectivity index (χ3n) is 3.36. The van der Waals surface area contributed by atoms with Crippen molar-refractivity contribution >= 4 is 11.8 Å². The topological polar surface area (TPSA) is 48.2 Å². The van der Waals surface area contributed by atoms with Crippen LogP contribution in [0.15, 0.2) is 53.1 Å². The molecule has 3 rings (SSSR count). The van der Waals surface area contributed by atoms with Crippen LogP contribution >= 0.6 is 11.8 Å². The van der Waals surface area contributed by atoms with Gasteiger partial charge in [0, 0.05) is 11.3 Å². The maximum absolute atomic E-state index is 13.6. The molecular formula is C18H17FN2O2S. The molecule has 4 nitrogen and oxygen atoms in total. The Kier molecular flexibility index (Phi) is 5.48. The second-order valence-corrected chi connectivity index (χ2v) is 6.29. The first-order valence-corrected chi connectivity index (χ1v) is 8.72. The first-order chi connectivity index (χ1) is 11.7. The van der Waals surface area contributed by atoms with E-state index in [9.17, 15) is 4.39 Å². The van der Waals surface area contributed by atoms with Gasteiger partial charge in [0.25, 0.3) is 0 Å². The fourth-order valence-electron chi connectivity index (χ4n) is 2.06. The zero-order chi connectivity index (χ0) is 16.8. The second kappa shape index (κ2) is 7.97. The van der Waals surface area contributed by atoms with Crippen LogP contribution in [0.5, 0.6) is 5.75 Å². The fraction of sp³-hybridized carbons (Fsp3) is 0.222. The van der Waals surface area contributed by atoms with Crippen molar-refractivity contribution in [1.29, 1.82) is 0 Å². The Morgan fingerprint density at radius 1 is 1.17 bits per heavy atom. The zero-order valence-corrected chi connectivity index (χ0v) is 14.1. The number of hydrogen-bond donors (Lipinski definition) is 0. The summed E-state index contributed by atoms with van der Waals surface area (Å²) in [5.74, 6) is 2.93. The highest BCUT2D eigenvalue weighted by Crippen LogP contribution is 2.20. The Hall–Kier alpha value is -2.34. The van der Waals surface area contributed by atoms with Crippen LogP contribution in [0.25, 0.3) is 11.4 Å². The van der Waals surface area contributed by atoms with E-state index >= 15 is 0 Å². The molecule has 24 heavy (non-hydrogen) atoms. The largest absolute Gasteiger partial charge is 0.493 e. The van der Waals surface area contributed by atoms with E-state index in [1.165, 1.54) is 6.07 Å². The number of rotatable bonds is 7. The number of hydrogen-bond acceptors (Lipinski definition) is 5. The van der Waals surface area contributed by atoms with E-state index in [4.69, 9.17) is 9.26 Å². The lowest BCUT2D eigenvalue weighted by atomic mass is 10.1. The summed E-state index contributed by atoms with van der Waals surface area (Å²) in [4.78, 5) is 4.30. The average molecular weight is 344 g/mol. The lowest BCUT2D eigenvalue weighted by Gasteiger charge is -2.04. The molecule has 0 saturated carbocycles. The summed E-state index contributed by atoms with van der Waals surface area (Å²) in [6.45, 7) is 2.33. The van der Waals surface area contributed by atoms with Crippen LogP contribution in [0.2, 0.25) is 0 Å². The highest BCUT2D eigenvalue weighted by molar-refractivity contribution is 7.98. The smallest absolute Gasteiger partial charge is 0.236 e. The standard InChI is InChI=1S/C18H17FN2O2S/c1-13-7-8-14(11-16(13)19)18-20-17(23-21-18)12-24-10-9-22-15-5-3-2-4-6-15/h2-8,11H,9-10,12H2,1H3. The van der Waals surface area contributed by atoms with E-state index in [-0.39, 0.29) is 5.82 Å². The van der Waals surface area contributed by atoms with E-state index in [2.05, 4.69) is 10.1 Å². The van der Waals surface area contributed by atoms with E-state index in [0.29, 0.717) is 35.2 Å². The molecule has 3 aromatic rings. The Bertz CT molecular complexity index is 793. The molecule has 6 heteroatoms. The van der Waals surface area contributed by atoms with Gasteiger partial charge in [-0.15, -0.1) is 11.8 Å². The van der Waals surface area contributed by atoms with Gasteiger partial charge in [0.05, 0.1) is 12.4 Å². The molecule has 0 atom stereocenters. The van der Waals surface area contributed by atoms with E-state index in [1.54, 1.807) is 30.8 Å². The van der Waals surface area contributed by atoms with Crippen molar-refractivity contribution in [2.24, 2.45) is 0 Å². The summed E-state index contributed by atoms with van der Waals surface area (Å²) in [6, 6.07) is 14.6. The van der Waals surface area contributed by atoms with Crippen molar-refractivity contribution in [1.82, 2.24) is 10.1 Å². The summed E-state index contributed by atoms with van der Waals surface area (Å²) in [7, 11) is 0. The first-order valence-electron chi connectivity index (χ1n) is 7.57. The van der Waals surface area contributed by atoms with Crippen LogP contribution in [0.3, 0.4) is 0 Å². The molecule has 1 heterocycles. The fourth-order valence-corrected chi connectivity index (χ4v) is 2.69. The second-order valence-electron chi connectivity index (χ2n) is 5.19. The number of thioether (sulfide) groups is 1. The van der Waals surface area contributed by atoms with Crippen molar-refractivity contribution in [3.63, 3.8) is 0 Å². The average Bonchev–Trinajstić information content (AvgIpc) is 3.07. The number of nitrogens with zero attached hydrogens (tertiary/aromatic N) is 2. The molecule has 0 saturated heterocycles. The molecule has 2 aromatic carbocycles. The number of aryl methyl sites for hydroxylation is 1. The number of benzene rings is 2. The molecule has 0 aliphatic heterocycles. The number of aromatic nitrogens is 2. The molecular weight excluding hydrogens is 327 g/mol. The molecule has 0 unspecified atom stereocenters. The van der Waals surface area contributed by atoms with Gasteiger partial charge in [-0.1, -0.05) is 35.5 Å². The SMILES string of the molecule is Cc1ccc(-c2noc(CSCCOc3ccccc3)n2)cc1F. The Labute approximate surface area is 144 Å². The lowest BCUT2D eigenvalue weighted by molar-refractivity contribution is 0.343. The Morgan fingerprint density at radius 3 is 2.79 bits per heavy atom. The molecule has 0 radical (unpaired) electrons. The molecule has 0 aliphatic carbocycles. The van der Waals surface area contributed by atoms with E-state index in [1.807, 2.05) is 30.3 Å². The van der Waals surface area contributed by atoms with Gasteiger partial charge in [0.1, 0.15) is 11.6 Å². The van der Waals surface area contributed by atoms with Gasteiger partial charge in [-0.05, 0) is 30.7 Å². The predicted octanol–water partition coefficient (Wildman–Crippen LogP) is 4.50. The molecule has 0 spiro atoms. The maximum Gasteiger partial charge on any atom is 0.236 e. The maximum atomic E-state index is 13.6. The van der Waals surface area contributed by atoms with Crippen LogP contribution in [0.4, 0.5) is 4.39 Å². The van der Waals surface area contributed by atoms with Crippen molar-refractivity contribution in [2.45, 2.75) is 12.7 Å². The molecule has 124 valence electrons. The normalized spacial score (nSPS) is 10.8. The highest BCUT2D eigenvalue weighted by Gasteiger charge is 2.10. The molecule has 0 aliphatic rings. The van der Waals surface area contributed by atoms with Crippen molar-refractivity contribution in [3.8, 4) is 17.1 Å². The van der Waals surface area contributed by atoms with Crippen LogP contribution in [0.1, 0.15) is 11.5 Å². The quantitative estimate of drug-likeness (QED) is 0.591. The highest BCUT2D eigenvalue weighted by atomic mass is 32.2. The van der Waals surface area contributed by atoms with Crippen LogP contribution in [0, 0.1) is 12.7 Å². The zero-order valence-electron chi connectivity index (χ0n) is 13.2. The monoisotopic (exact) mass is 344 g/mol. The van der Waals surface area contributed by atoms with Gasteiger partial charge in [-0.25, -0.2) is 4.39 Å². The van der Waals surface area contributed by atoms with Gasteiger partial charge >= 0.3 is 0 Å².